The average molecular weight is 448 g/mol. The third-order valence-electron chi connectivity index (χ3n) is 4.89. The second kappa shape index (κ2) is 10.3. The quantitative estimate of drug-likeness (QED) is 0.651. The zero-order valence-corrected chi connectivity index (χ0v) is 18.5. The monoisotopic (exact) mass is 447 g/mol. The Balaban J connectivity index is 1.66. The molecule has 0 radical (unpaired) electrons. The molecule has 0 aliphatic carbocycles. The number of nitrogens with one attached hydrogen (secondary N) is 1. The second-order valence-corrected chi connectivity index (χ2v) is 7.79. The highest BCUT2D eigenvalue weighted by Crippen LogP contribution is 2.25. The number of benzene rings is 1. The Labute approximate surface area is 184 Å². The number of likely N-dealkylation sites (tertiary alicyclic amines) is 1. The van der Waals surface area contributed by atoms with Gasteiger partial charge in [-0.3, -0.25) is 19.7 Å². The lowest BCUT2D eigenvalue weighted by atomic mass is 9.98. The van der Waals surface area contributed by atoms with E-state index in [9.17, 15) is 14.4 Å². The van der Waals surface area contributed by atoms with E-state index in [1.807, 2.05) is 0 Å². The van der Waals surface area contributed by atoms with Crippen molar-refractivity contribution < 1.29 is 28.6 Å². The zero-order chi connectivity index (χ0) is 22.4. The van der Waals surface area contributed by atoms with Crippen molar-refractivity contribution in [3.63, 3.8) is 0 Å². The molecule has 3 rings (SSSR count). The van der Waals surface area contributed by atoms with Gasteiger partial charge in [0.25, 0.3) is 11.8 Å². The maximum atomic E-state index is 12.8. The molecule has 1 aromatic carbocycles. The number of esters is 1. The summed E-state index contributed by atoms with van der Waals surface area (Å²) in [5.41, 5.74) is 0.570. The molecular weight excluding hydrogens is 422 g/mol. The molecule has 0 bridgehead atoms. The minimum atomic E-state index is -0.397. The fourth-order valence-electron chi connectivity index (χ4n) is 3.31. The summed E-state index contributed by atoms with van der Waals surface area (Å²) >= 11 is 1.16. The van der Waals surface area contributed by atoms with Gasteiger partial charge in [-0.25, -0.2) is 4.98 Å². The molecule has 2 amide bonds. The van der Waals surface area contributed by atoms with Crippen molar-refractivity contribution in [1.29, 1.82) is 0 Å². The number of thiazole rings is 1. The number of nitrogens with zero attached hydrogens (tertiary/aromatic N) is 2. The Bertz CT molecular complexity index is 938. The number of rotatable bonds is 7. The molecule has 31 heavy (non-hydrogen) atoms. The normalized spacial score (nSPS) is 15.8. The molecule has 1 aliphatic rings. The summed E-state index contributed by atoms with van der Waals surface area (Å²) in [4.78, 5) is 43.3. The highest BCUT2D eigenvalue weighted by Gasteiger charge is 2.30. The first-order chi connectivity index (χ1) is 14.9. The first kappa shape index (κ1) is 22.5. The van der Waals surface area contributed by atoms with Crippen molar-refractivity contribution in [2.75, 3.05) is 39.2 Å². The smallest absolute Gasteiger partial charge is 0.310 e. The molecule has 0 spiro atoms. The van der Waals surface area contributed by atoms with Gasteiger partial charge in [0.2, 0.25) is 0 Å². The number of hydrogen-bond donors (Lipinski definition) is 1. The molecule has 166 valence electrons. The number of carbonyl (C=O) groups is 3. The van der Waals surface area contributed by atoms with Crippen molar-refractivity contribution in [1.82, 2.24) is 9.88 Å². The number of piperidine rings is 1. The number of methoxy groups -OCH3 is 2. The fraction of sp³-hybridized carbons (Fsp3) is 0.429. The van der Waals surface area contributed by atoms with Crippen molar-refractivity contribution in [3.05, 3.63) is 34.8 Å². The number of carbonyl (C=O) groups excluding carboxylic acids is 3. The number of anilines is 1. The summed E-state index contributed by atoms with van der Waals surface area (Å²) in [6, 6.07) is 4.83. The predicted octanol–water partition coefficient (Wildman–Crippen LogP) is 2.83. The van der Waals surface area contributed by atoms with E-state index < -0.39 is 5.91 Å². The fourth-order valence-corrected chi connectivity index (χ4v) is 3.99. The molecule has 1 aromatic heterocycles. The van der Waals surface area contributed by atoms with Gasteiger partial charge < -0.3 is 19.1 Å². The number of amides is 2. The van der Waals surface area contributed by atoms with Crippen LogP contribution in [0.15, 0.2) is 23.6 Å². The van der Waals surface area contributed by atoms with Gasteiger partial charge >= 0.3 is 5.97 Å². The highest BCUT2D eigenvalue weighted by molar-refractivity contribution is 7.14. The van der Waals surface area contributed by atoms with E-state index in [0.717, 1.165) is 17.8 Å². The molecule has 9 nitrogen and oxygen atoms in total. The third-order valence-corrected chi connectivity index (χ3v) is 5.64. The van der Waals surface area contributed by atoms with Crippen molar-refractivity contribution in [2.24, 2.45) is 5.92 Å². The highest BCUT2D eigenvalue weighted by atomic mass is 32.1. The Hall–Kier alpha value is -3.14. The van der Waals surface area contributed by atoms with Crippen LogP contribution in [0.25, 0.3) is 0 Å². The van der Waals surface area contributed by atoms with Crippen LogP contribution in [0.4, 0.5) is 5.13 Å². The number of ether oxygens (including phenoxy) is 3. The van der Waals surface area contributed by atoms with Gasteiger partial charge in [-0.15, -0.1) is 11.3 Å². The van der Waals surface area contributed by atoms with Gasteiger partial charge in [0.1, 0.15) is 17.2 Å². The van der Waals surface area contributed by atoms with Crippen LogP contribution in [0, 0.1) is 5.92 Å². The standard InChI is InChI=1S/C21H25N3O6S/c1-4-30-20(27)13-6-5-7-24(11-13)19(26)17-12-31-21(22-17)23-18(25)14-8-15(28-2)10-16(9-14)29-3/h8-10,12-13H,4-7,11H2,1-3H3,(H,22,23,25)/t13-/m1/s1. The van der Waals surface area contributed by atoms with Crippen LogP contribution >= 0.6 is 11.3 Å². The van der Waals surface area contributed by atoms with Crippen molar-refractivity contribution in [3.8, 4) is 11.5 Å². The molecular formula is C21H25N3O6S. The maximum Gasteiger partial charge on any atom is 0.310 e. The van der Waals surface area contributed by atoms with Gasteiger partial charge in [-0.2, -0.15) is 0 Å². The van der Waals surface area contributed by atoms with Gasteiger partial charge in [-0.05, 0) is 31.9 Å². The molecule has 0 unspecified atom stereocenters. The van der Waals surface area contributed by atoms with Crippen LogP contribution in [0.3, 0.4) is 0 Å². The van der Waals surface area contributed by atoms with E-state index in [0.29, 0.717) is 48.3 Å². The maximum absolute atomic E-state index is 12.8. The van der Waals surface area contributed by atoms with Crippen LogP contribution in [-0.2, 0) is 9.53 Å². The SMILES string of the molecule is CCOC(=O)[C@@H]1CCCN(C(=O)c2csc(NC(=O)c3cc(OC)cc(OC)c3)n2)C1. The Kier molecular flexibility index (Phi) is 7.45. The van der Waals surface area contributed by atoms with Gasteiger partial charge in [-0.1, -0.05) is 0 Å². The molecule has 2 heterocycles. The molecule has 1 atom stereocenters. The van der Waals surface area contributed by atoms with Crippen molar-refractivity contribution >= 4 is 34.3 Å². The molecule has 10 heteroatoms. The van der Waals surface area contributed by atoms with Crippen LogP contribution in [-0.4, -0.2) is 61.6 Å². The van der Waals surface area contributed by atoms with E-state index >= 15 is 0 Å². The van der Waals surface area contributed by atoms with Crippen molar-refractivity contribution in [2.45, 2.75) is 19.8 Å². The predicted molar refractivity (Wildman–Crippen MR) is 115 cm³/mol. The second-order valence-electron chi connectivity index (χ2n) is 6.94. The minimum absolute atomic E-state index is 0.230. The summed E-state index contributed by atoms with van der Waals surface area (Å²) in [6.45, 7) is 2.94. The number of aromatic nitrogens is 1. The number of hydrogen-bond acceptors (Lipinski definition) is 8. The van der Waals surface area contributed by atoms with E-state index in [1.165, 1.54) is 14.2 Å². The lowest BCUT2D eigenvalue weighted by Gasteiger charge is -2.31. The van der Waals surface area contributed by atoms with E-state index in [-0.39, 0.29) is 23.5 Å². The molecule has 1 fully saturated rings. The van der Waals surface area contributed by atoms with E-state index in [4.69, 9.17) is 14.2 Å². The lowest BCUT2D eigenvalue weighted by Crippen LogP contribution is -2.43. The first-order valence-electron chi connectivity index (χ1n) is 9.91. The average Bonchev–Trinajstić information content (AvgIpc) is 3.26. The zero-order valence-electron chi connectivity index (χ0n) is 17.7. The van der Waals surface area contributed by atoms with Gasteiger partial charge in [0.05, 0.1) is 26.7 Å². The third kappa shape index (κ3) is 5.52. The van der Waals surface area contributed by atoms with Crippen LogP contribution in [0.1, 0.15) is 40.6 Å². The molecule has 2 aromatic rings. The van der Waals surface area contributed by atoms with Crippen LogP contribution < -0.4 is 14.8 Å². The molecule has 0 saturated carbocycles. The Morgan fingerprint density at radius 2 is 1.90 bits per heavy atom. The largest absolute Gasteiger partial charge is 0.497 e. The van der Waals surface area contributed by atoms with Crippen LogP contribution in [0.2, 0.25) is 0 Å². The van der Waals surface area contributed by atoms with E-state index in [2.05, 4.69) is 10.3 Å². The van der Waals surface area contributed by atoms with Gasteiger partial charge in [0, 0.05) is 30.1 Å². The summed E-state index contributed by atoms with van der Waals surface area (Å²) in [5.74, 6) is -0.292. The first-order valence-corrected chi connectivity index (χ1v) is 10.8. The Morgan fingerprint density at radius 1 is 1.19 bits per heavy atom. The molecule has 1 N–H and O–H groups in total. The summed E-state index contributed by atoms with van der Waals surface area (Å²) in [7, 11) is 3.00. The summed E-state index contributed by atoms with van der Waals surface area (Å²) in [5, 5.41) is 4.59. The molecule has 1 saturated heterocycles. The molecule has 1 aliphatic heterocycles. The van der Waals surface area contributed by atoms with Crippen LogP contribution in [0.5, 0.6) is 11.5 Å². The minimum Gasteiger partial charge on any atom is -0.497 e. The summed E-state index contributed by atoms with van der Waals surface area (Å²) < 4.78 is 15.5. The Morgan fingerprint density at radius 3 is 2.55 bits per heavy atom. The van der Waals surface area contributed by atoms with E-state index in [1.54, 1.807) is 35.4 Å². The summed E-state index contributed by atoms with van der Waals surface area (Å²) in [6.07, 6.45) is 1.42. The lowest BCUT2D eigenvalue weighted by molar-refractivity contribution is -0.149. The van der Waals surface area contributed by atoms with Gasteiger partial charge in [0.15, 0.2) is 5.13 Å². The topological polar surface area (TPSA) is 107 Å².